The van der Waals surface area contributed by atoms with Gasteiger partial charge in [-0.3, -0.25) is 9.88 Å². The fraction of sp³-hybridized carbons (Fsp3) is 0.375. The van der Waals surface area contributed by atoms with Gasteiger partial charge in [0.1, 0.15) is 5.82 Å². The highest BCUT2D eigenvalue weighted by atomic mass is 32.1. The molecule has 32 heavy (non-hydrogen) atoms. The number of nitrogens with one attached hydrogen (secondary N) is 1. The van der Waals surface area contributed by atoms with Crippen LogP contribution >= 0.6 is 12.2 Å². The fourth-order valence-corrected chi connectivity index (χ4v) is 4.82. The SMILES string of the molecule is Cc1ccc(-n2cccc2C2C(c3ccccn3)NC(=S)N2CCN2CCOCC2)nc1. The number of aromatic nitrogens is 3. The van der Waals surface area contributed by atoms with Crippen LogP contribution in [0.1, 0.15) is 29.0 Å². The van der Waals surface area contributed by atoms with Crippen LogP contribution < -0.4 is 5.32 Å². The third kappa shape index (κ3) is 4.26. The van der Waals surface area contributed by atoms with Crippen LogP contribution in [0, 0.1) is 6.92 Å². The van der Waals surface area contributed by atoms with Crippen molar-refractivity contribution in [3.8, 4) is 5.82 Å². The summed E-state index contributed by atoms with van der Waals surface area (Å²) in [6.07, 6.45) is 5.82. The Hall–Kier alpha value is -2.81. The topological polar surface area (TPSA) is 58.5 Å². The van der Waals surface area contributed by atoms with Crippen molar-refractivity contribution in [3.63, 3.8) is 0 Å². The molecule has 2 saturated heterocycles. The molecule has 0 radical (unpaired) electrons. The van der Waals surface area contributed by atoms with Crippen LogP contribution in [0.25, 0.3) is 5.82 Å². The van der Waals surface area contributed by atoms with Crippen molar-refractivity contribution in [2.24, 2.45) is 0 Å². The van der Waals surface area contributed by atoms with Crippen molar-refractivity contribution in [3.05, 3.63) is 78.0 Å². The Morgan fingerprint density at radius 2 is 1.94 bits per heavy atom. The number of nitrogens with zero attached hydrogens (tertiary/aromatic N) is 5. The summed E-state index contributed by atoms with van der Waals surface area (Å²) in [6.45, 7) is 7.36. The van der Waals surface area contributed by atoms with Crippen LogP contribution in [0.15, 0.2) is 61.1 Å². The van der Waals surface area contributed by atoms with Gasteiger partial charge in [-0.15, -0.1) is 0 Å². The first-order valence-corrected chi connectivity index (χ1v) is 11.5. The van der Waals surface area contributed by atoms with E-state index in [0.717, 1.165) is 67.3 Å². The maximum absolute atomic E-state index is 5.83. The largest absolute Gasteiger partial charge is 0.379 e. The first kappa shape index (κ1) is 21.1. The van der Waals surface area contributed by atoms with Gasteiger partial charge >= 0.3 is 0 Å². The second kappa shape index (κ2) is 9.36. The van der Waals surface area contributed by atoms with Gasteiger partial charge in [-0.1, -0.05) is 12.1 Å². The van der Waals surface area contributed by atoms with Crippen molar-refractivity contribution < 1.29 is 4.74 Å². The van der Waals surface area contributed by atoms with E-state index in [1.165, 1.54) is 0 Å². The molecule has 2 atom stereocenters. The molecule has 1 N–H and O–H groups in total. The highest BCUT2D eigenvalue weighted by molar-refractivity contribution is 7.80. The molecule has 3 aromatic rings. The molecule has 0 aliphatic carbocycles. The normalized spacial score (nSPS) is 21.7. The predicted molar refractivity (Wildman–Crippen MR) is 128 cm³/mol. The maximum Gasteiger partial charge on any atom is 0.170 e. The van der Waals surface area contributed by atoms with Crippen molar-refractivity contribution in [1.82, 2.24) is 29.7 Å². The summed E-state index contributed by atoms with van der Waals surface area (Å²) in [6, 6.07) is 14.4. The number of ether oxygens (including phenoxy) is 1. The minimum atomic E-state index is -0.0347. The molecule has 0 aromatic carbocycles. The summed E-state index contributed by atoms with van der Waals surface area (Å²) < 4.78 is 7.67. The molecule has 0 saturated carbocycles. The van der Waals surface area contributed by atoms with Crippen LogP contribution in [0.5, 0.6) is 0 Å². The fourth-order valence-electron chi connectivity index (χ4n) is 4.49. The molecule has 166 valence electrons. The van der Waals surface area contributed by atoms with Crippen molar-refractivity contribution >= 4 is 17.3 Å². The summed E-state index contributed by atoms with van der Waals surface area (Å²) in [5, 5.41) is 4.32. The Bertz CT molecular complexity index is 1050. The zero-order valence-corrected chi connectivity index (χ0v) is 19.0. The van der Waals surface area contributed by atoms with Crippen molar-refractivity contribution in [2.75, 3.05) is 39.4 Å². The number of hydrogen-bond acceptors (Lipinski definition) is 5. The first-order chi connectivity index (χ1) is 15.7. The van der Waals surface area contributed by atoms with Gasteiger partial charge in [0, 0.05) is 50.5 Å². The van der Waals surface area contributed by atoms with E-state index >= 15 is 0 Å². The minimum Gasteiger partial charge on any atom is -0.379 e. The third-order valence-electron chi connectivity index (χ3n) is 6.18. The molecular formula is C24H28N6OS. The van der Waals surface area contributed by atoms with E-state index in [1.807, 2.05) is 24.5 Å². The number of aryl methyl sites for hydroxylation is 1. The lowest BCUT2D eigenvalue weighted by molar-refractivity contribution is 0.0349. The molecule has 0 amide bonds. The lowest BCUT2D eigenvalue weighted by Gasteiger charge is -2.32. The Labute approximate surface area is 194 Å². The van der Waals surface area contributed by atoms with Gasteiger partial charge in [0.2, 0.25) is 0 Å². The monoisotopic (exact) mass is 448 g/mol. The van der Waals surface area contributed by atoms with Gasteiger partial charge < -0.3 is 19.5 Å². The van der Waals surface area contributed by atoms with E-state index in [2.05, 4.69) is 73.1 Å². The van der Waals surface area contributed by atoms with Crippen LogP contribution in [-0.2, 0) is 4.74 Å². The number of rotatable bonds is 6. The second-order valence-electron chi connectivity index (χ2n) is 8.27. The Morgan fingerprint density at radius 1 is 1.06 bits per heavy atom. The van der Waals surface area contributed by atoms with Crippen LogP contribution in [0.2, 0.25) is 0 Å². The maximum atomic E-state index is 5.83. The zero-order valence-electron chi connectivity index (χ0n) is 18.2. The van der Waals surface area contributed by atoms with E-state index in [-0.39, 0.29) is 12.1 Å². The molecule has 7 nitrogen and oxygen atoms in total. The average molecular weight is 449 g/mol. The van der Waals surface area contributed by atoms with Crippen LogP contribution in [0.4, 0.5) is 0 Å². The van der Waals surface area contributed by atoms with E-state index in [9.17, 15) is 0 Å². The molecule has 5 rings (SSSR count). The second-order valence-corrected chi connectivity index (χ2v) is 8.66. The van der Waals surface area contributed by atoms with Crippen LogP contribution in [-0.4, -0.2) is 68.8 Å². The quantitative estimate of drug-likeness (QED) is 0.582. The minimum absolute atomic E-state index is 0.0107. The van der Waals surface area contributed by atoms with E-state index < -0.39 is 0 Å². The smallest absolute Gasteiger partial charge is 0.170 e. The lowest BCUT2D eigenvalue weighted by Crippen LogP contribution is -2.42. The number of pyridine rings is 2. The molecule has 3 aromatic heterocycles. The molecular weight excluding hydrogens is 420 g/mol. The Balaban J connectivity index is 1.49. The number of hydrogen-bond donors (Lipinski definition) is 1. The lowest BCUT2D eigenvalue weighted by atomic mass is 10.0. The standard InChI is InChI=1S/C24H28N6OS/c1-18-7-8-21(26-17-18)29-10-4-6-20(29)23-22(19-5-2-3-9-25-19)27-24(32)30(23)12-11-28-13-15-31-16-14-28/h2-10,17,22-23H,11-16H2,1H3,(H,27,32). The summed E-state index contributed by atoms with van der Waals surface area (Å²) in [5.41, 5.74) is 3.27. The van der Waals surface area contributed by atoms with Gasteiger partial charge in [-0.2, -0.15) is 0 Å². The van der Waals surface area contributed by atoms with E-state index in [1.54, 1.807) is 0 Å². The van der Waals surface area contributed by atoms with Gasteiger partial charge in [0.25, 0.3) is 0 Å². The third-order valence-corrected chi connectivity index (χ3v) is 6.54. The van der Waals surface area contributed by atoms with Gasteiger partial charge in [0.05, 0.1) is 31.0 Å². The van der Waals surface area contributed by atoms with E-state index in [0.29, 0.717) is 0 Å². The first-order valence-electron chi connectivity index (χ1n) is 11.1. The molecule has 0 bridgehead atoms. The number of morpholine rings is 1. The van der Waals surface area contributed by atoms with Crippen LogP contribution in [0.3, 0.4) is 0 Å². The van der Waals surface area contributed by atoms with Gasteiger partial charge in [-0.25, -0.2) is 4.98 Å². The van der Waals surface area contributed by atoms with Crippen molar-refractivity contribution in [1.29, 1.82) is 0 Å². The molecule has 2 aliphatic rings. The predicted octanol–water partition coefficient (Wildman–Crippen LogP) is 2.88. The van der Waals surface area contributed by atoms with Crippen molar-refractivity contribution in [2.45, 2.75) is 19.0 Å². The Morgan fingerprint density at radius 3 is 2.69 bits per heavy atom. The summed E-state index contributed by atoms with van der Waals surface area (Å²) >= 11 is 5.83. The summed E-state index contributed by atoms with van der Waals surface area (Å²) in [5.74, 6) is 0.904. The molecule has 2 aliphatic heterocycles. The molecule has 5 heterocycles. The van der Waals surface area contributed by atoms with Gasteiger partial charge in [0.15, 0.2) is 5.11 Å². The highest BCUT2D eigenvalue weighted by Crippen LogP contribution is 2.39. The Kier molecular flexibility index (Phi) is 6.16. The molecule has 0 spiro atoms. The summed E-state index contributed by atoms with van der Waals surface area (Å²) in [7, 11) is 0. The zero-order chi connectivity index (χ0) is 21.9. The summed E-state index contributed by atoms with van der Waals surface area (Å²) in [4.78, 5) is 14.1. The van der Waals surface area contributed by atoms with Gasteiger partial charge in [-0.05, 0) is 55.0 Å². The molecule has 2 unspecified atom stereocenters. The molecule has 2 fully saturated rings. The molecule has 8 heteroatoms. The number of thiocarbonyl (C=S) groups is 1. The average Bonchev–Trinajstić information content (AvgIpc) is 3.43. The highest BCUT2D eigenvalue weighted by Gasteiger charge is 2.41. The van der Waals surface area contributed by atoms with E-state index in [4.69, 9.17) is 17.0 Å².